The molecule has 0 aliphatic carbocycles. The fourth-order valence-electron chi connectivity index (χ4n) is 3.70. The minimum atomic E-state index is -0.239. The van der Waals surface area contributed by atoms with Crippen molar-refractivity contribution in [1.29, 1.82) is 0 Å². The molecule has 2 aromatic carbocycles. The first kappa shape index (κ1) is 21.3. The molecular formula is C25H30O3S. The van der Waals surface area contributed by atoms with E-state index in [1.165, 1.54) is 6.07 Å². The van der Waals surface area contributed by atoms with Gasteiger partial charge in [0.05, 0.1) is 0 Å². The molecule has 1 atom stereocenters. The summed E-state index contributed by atoms with van der Waals surface area (Å²) in [5.41, 5.74) is 3.05. The van der Waals surface area contributed by atoms with Gasteiger partial charge in [0.15, 0.2) is 0 Å². The van der Waals surface area contributed by atoms with E-state index < -0.39 is 0 Å². The molecule has 1 heterocycles. The van der Waals surface area contributed by atoms with Gasteiger partial charge in [0, 0.05) is 22.4 Å². The third-order valence-electron chi connectivity index (χ3n) is 5.23. The topological polar surface area (TPSA) is 60.7 Å². The molecule has 0 bridgehead atoms. The monoisotopic (exact) mass is 410 g/mol. The zero-order chi connectivity index (χ0) is 21.6. The highest BCUT2D eigenvalue weighted by Crippen LogP contribution is 2.45. The highest BCUT2D eigenvalue weighted by atomic mass is 32.1. The minimum absolute atomic E-state index is 0.0349. The van der Waals surface area contributed by atoms with Crippen molar-refractivity contribution in [2.75, 3.05) is 0 Å². The Morgan fingerprint density at radius 2 is 1.38 bits per heavy atom. The molecule has 154 valence electrons. The molecule has 0 fully saturated rings. The summed E-state index contributed by atoms with van der Waals surface area (Å²) in [6, 6.07) is 12.9. The van der Waals surface area contributed by atoms with Crippen LogP contribution in [0.4, 0.5) is 0 Å². The lowest BCUT2D eigenvalue weighted by atomic mass is 9.76. The smallest absolute Gasteiger partial charge is 0.123 e. The van der Waals surface area contributed by atoms with Crippen LogP contribution in [0.25, 0.3) is 0 Å². The standard InChI is InChI=1S/C25H30O3S/c1-24(2,3)18-12-15(13-19(23(18)28)25(4,5)6)22(21-8-7-11-29-21)17-10-9-16(26)14-20(17)27/h7-14,22,26-28H,1-6H3. The van der Waals surface area contributed by atoms with Gasteiger partial charge in [0.2, 0.25) is 0 Å². The molecular weight excluding hydrogens is 380 g/mol. The maximum atomic E-state index is 11.1. The van der Waals surface area contributed by atoms with Crippen LogP contribution in [0.3, 0.4) is 0 Å². The summed E-state index contributed by atoms with van der Waals surface area (Å²) in [5.74, 6) is 0.241. The predicted molar refractivity (Wildman–Crippen MR) is 121 cm³/mol. The number of aromatic hydroxyl groups is 3. The Hall–Kier alpha value is -2.46. The number of phenols is 3. The van der Waals surface area contributed by atoms with Crippen LogP contribution in [0.2, 0.25) is 0 Å². The quantitative estimate of drug-likeness (QED) is 0.453. The van der Waals surface area contributed by atoms with E-state index in [0.29, 0.717) is 5.75 Å². The van der Waals surface area contributed by atoms with Gasteiger partial charge in [-0.1, -0.05) is 65.8 Å². The van der Waals surface area contributed by atoms with Gasteiger partial charge in [0.25, 0.3) is 0 Å². The van der Waals surface area contributed by atoms with Crippen LogP contribution in [-0.4, -0.2) is 15.3 Å². The van der Waals surface area contributed by atoms with Crippen LogP contribution >= 0.6 is 11.3 Å². The number of rotatable bonds is 3. The van der Waals surface area contributed by atoms with Crippen molar-refractivity contribution in [1.82, 2.24) is 0 Å². The summed E-state index contributed by atoms with van der Waals surface area (Å²) < 4.78 is 0. The fourth-order valence-corrected chi connectivity index (χ4v) is 4.57. The molecule has 3 nitrogen and oxygen atoms in total. The molecule has 3 N–H and O–H groups in total. The lowest BCUT2D eigenvalue weighted by Crippen LogP contribution is -2.19. The zero-order valence-corrected chi connectivity index (χ0v) is 18.8. The van der Waals surface area contributed by atoms with Crippen molar-refractivity contribution in [2.45, 2.75) is 58.3 Å². The van der Waals surface area contributed by atoms with Crippen molar-refractivity contribution in [3.05, 3.63) is 75.0 Å². The van der Waals surface area contributed by atoms with Crippen LogP contribution in [-0.2, 0) is 10.8 Å². The van der Waals surface area contributed by atoms with Crippen LogP contribution in [0, 0.1) is 0 Å². The van der Waals surface area contributed by atoms with E-state index in [2.05, 4.69) is 59.7 Å². The maximum Gasteiger partial charge on any atom is 0.123 e. The zero-order valence-electron chi connectivity index (χ0n) is 17.9. The summed E-state index contributed by atoms with van der Waals surface area (Å²) in [6.45, 7) is 12.6. The highest BCUT2D eigenvalue weighted by Gasteiger charge is 2.30. The third kappa shape index (κ3) is 4.27. The van der Waals surface area contributed by atoms with Gasteiger partial charge in [-0.3, -0.25) is 0 Å². The van der Waals surface area contributed by atoms with Crippen molar-refractivity contribution < 1.29 is 15.3 Å². The number of phenolic OH excluding ortho intramolecular Hbond substituents is 3. The summed E-state index contributed by atoms with van der Waals surface area (Å²) in [5, 5.41) is 33.5. The summed E-state index contributed by atoms with van der Waals surface area (Å²) in [6.07, 6.45) is 0. The van der Waals surface area contributed by atoms with Gasteiger partial charge < -0.3 is 15.3 Å². The first-order valence-corrected chi connectivity index (χ1v) is 10.7. The molecule has 1 aromatic heterocycles. The van der Waals surface area contributed by atoms with E-state index in [1.54, 1.807) is 23.5 Å². The lowest BCUT2D eigenvalue weighted by Gasteiger charge is -2.30. The van der Waals surface area contributed by atoms with Gasteiger partial charge in [-0.25, -0.2) is 0 Å². The second-order valence-electron chi connectivity index (χ2n) is 9.66. The first-order valence-electron chi connectivity index (χ1n) is 9.82. The number of hydrogen-bond acceptors (Lipinski definition) is 4. The number of thiophene rings is 1. The second-order valence-corrected chi connectivity index (χ2v) is 10.6. The van der Waals surface area contributed by atoms with E-state index in [4.69, 9.17) is 0 Å². The van der Waals surface area contributed by atoms with E-state index in [0.717, 1.165) is 27.1 Å². The van der Waals surface area contributed by atoms with E-state index >= 15 is 0 Å². The van der Waals surface area contributed by atoms with Crippen LogP contribution in [0.5, 0.6) is 17.2 Å². The molecule has 4 heteroatoms. The average Bonchev–Trinajstić information content (AvgIpc) is 3.10. The van der Waals surface area contributed by atoms with Crippen LogP contribution in [0.1, 0.15) is 74.6 Å². The Bertz CT molecular complexity index is 971. The molecule has 0 amide bonds. The maximum absolute atomic E-state index is 11.1. The van der Waals surface area contributed by atoms with Gasteiger partial charge in [-0.05, 0) is 45.0 Å². The second kappa shape index (κ2) is 7.42. The van der Waals surface area contributed by atoms with E-state index in [9.17, 15) is 15.3 Å². The summed E-state index contributed by atoms with van der Waals surface area (Å²) in [4.78, 5) is 1.09. The van der Waals surface area contributed by atoms with Crippen LogP contribution in [0.15, 0.2) is 47.8 Å². The molecule has 0 spiro atoms. The largest absolute Gasteiger partial charge is 0.508 e. The van der Waals surface area contributed by atoms with E-state index in [1.807, 2.05) is 11.4 Å². The van der Waals surface area contributed by atoms with Crippen LogP contribution < -0.4 is 0 Å². The summed E-state index contributed by atoms with van der Waals surface area (Å²) in [7, 11) is 0. The molecule has 3 rings (SSSR count). The van der Waals surface area contributed by atoms with Gasteiger partial charge >= 0.3 is 0 Å². The van der Waals surface area contributed by atoms with Gasteiger partial charge in [0.1, 0.15) is 17.2 Å². The number of benzene rings is 2. The Morgan fingerprint density at radius 3 is 1.83 bits per heavy atom. The molecule has 3 aromatic rings. The van der Waals surface area contributed by atoms with Crippen molar-refractivity contribution in [3.63, 3.8) is 0 Å². The fraction of sp³-hybridized carbons (Fsp3) is 0.360. The molecule has 0 aliphatic rings. The van der Waals surface area contributed by atoms with Crippen molar-refractivity contribution in [3.8, 4) is 17.2 Å². The minimum Gasteiger partial charge on any atom is -0.508 e. The third-order valence-corrected chi connectivity index (χ3v) is 6.17. The molecule has 0 saturated carbocycles. The van der Waals surface area contributed by atoms with Crippen molar-refractivity contribution in [2.24, 2.45) is 0 Å². The normalized spacial score (nSPS) is 13.4. The molecule has 0 saturated heterocycles. The Balaban J connectivity index is 2.34. The van der Waals surface area contributed by atoms with Gasteiger partial charge in [-0.15, -0.1) is 11.3 Å². The van der Waals surface area contributed by atoms with Gasteiger partial charge in [-0.2, -0.15) is 0 Å². The Kier molecular flexibility index (Phi) is 5.44. The molecule has 0 radical (unpaired) electrons. The number of hydrogen-bond donors (Lipinski definition) is 3. The Morgan fingerprint density at radius 1 is 0.793 bits per heavy atom. The Labute approximate surface area is 177 Å². The van der Waals surface area contributed by atoms with Crippen molar-refractivity contribution >= 4 is 11.3 Å². The highest BCUT2D eigenvalue weighted by molar-refractivity contribution is 7.10. The molecule has 29 heavy (non-hydrogen) atoms. The molecule has 1 unspecified atom stereocenters. The molecule has 0 aliphatic heterocycles. The summed E-state index contributed by atoms with van der Waals surface area (Å²) >= 11 is 1.63. The lowest BCUT2D eigenvalue weighted by molar-refractivity contribution is 0.422. The first-order chi connectivity index (χ1) is 13.4. The average molecular weight is 411 g/mol. The predicted octanol–water partition coefficient (Wildman–Crippen LogP) is 6.64. The van der Waals surface area contributed by atoms with E-state index in [-0.39, 0.29) is 28.2 Å². The SMILES string of the molecule is CC(C)(C)c1cc(C(c2cccs2)c2ccc(O)cc2O)cc(C(C)(C)C)c1O.